The molecule has 12 atom stereocenters. The summed E-state index contributed by atoms with van der Waals surface area (Å²) in [6.45, 7) is 15.9. The highest BCUT2D eigenvalue weighted by Gasteiger charge is 2.81. The van der Waals surface area contributed by atoms with E-state index in [9.17, 15) is 15.3 Å². The molecule has 1 spiro atoms. The Balaban J connectivity index is 1.39. The molecule has 32 heavy (non-hydrogen) atoms. The Hall–Kier alpha value is -0.420. The fourth-order valence-electron chi connectivity index (χ4n) is 9.59. The molecule has 5 rings (SSSR count). The molecule has 0 aromatic heterocycles. The highest BCUT2D eigenvalue weighted by atomic mass is 16.6. The standard InChI is InChI=1S/C28H46O4/c1-15(2)16(3)7-8-17(4)19-9-10-20-23-21(11-12-26(19,20)5)27(6)22(30)13-18(29)14-28(27)25(32-28)24(23)31/h15,17-25,29-31H,3,7-14H2,1-2,4-6H3/t17-,18?,19-,20+,21+,22?,23+,24?,25?,26-,27+,28?/m1/s1. The van der Waals surface area contributed by atoms with E-state index in [1.165, 1.54) is 31.3 Å². The Kier molecular flexibility index (Phi) is 5.49. The van der Waals surface area contributed by atoms with E-state index in [2.05, 4.69) is 41.2 Å². The molecule has 0 amide bonds. The predicted octanol–water partition coefficient (Wildman–Crippen LogP) is 4.71. The van der Waals surface area contributed by atoms with Gasteiger partial charge in [-0.1, -0.05) is 46.8 Å². The van der Waals surface area contributed by atoms with E-state index in [0.29, 0.717) is 36.5 Å². The summed E-state index contributed by atoms with van der Waals surface area (Å²) in [4.78, 5) is 0. The molecule has 182 valence electrons. The number of ether oxygens (including phenoxy) is 1. The van der Waals surface area contributed by atoms with Crippen molar-refractivity contribution in [3.8, 4) is 0 Å². The van der Waals surface area contributed by atoms with Gasteiger partial charge in [-0.2, -0.15) is 0 Å². The monoisotopic (exact) mass is 446 g/mol. The molecule has 5 fully saturated rings. The Bertz CT molecular complexity index is 765. The minimum absolute atomic E-state index is 0.201. The molecule has 3 N–H and O–H groups in total. The molecule has 5 unspecified atom stereocenters. The van der Waals surface area contributed by atoms with Crippen LogP contribution in [0.25, 0.3) is 0 Å². The van der Waals surface area contributed by atoms with Crippen LogP contribution in [-0.4, -0.2) is 45.3 Å². The Morgan fingerprint density at radius 3 is 2.47 bits per heavy atom. The quantitative estimate of drug-likeness (QED) is 0.422. The molecule has 0 aromatic carbocycles. The minimum Gasteiger partial charge on any atom is -0.393 e. The van der Waals surface area contributed by atoms with Crippen LogP contribution < -0.4 is 0 Å². The van der Waals surface area contributed by atoms with Crippen molar-refractivity contribution in [2.45, 2.75) is 116 Å². The maximum atomic E-state index is 11.6. The van der Waals surface area contributed by atoms with Crippen LogP contribution in [0.5, 0.6) is 0 Å². The first-order chi connectivity index (χ1) is 15.0. The smallest absolute Gasteiger partial charge is 0.114 e. The van der Waals surface area contributed by atoms with Crippen LogP contribution in [0.2, 0.25) is 0 Å². The Morgan fingerprint density at radius 2 is 1.78 bits per heavy atom. The summed E-state index contributed by atoms with van der Waals surface area (Å²) in [5, 5.41) is 33.2. The molecule has 4 saturated carbocycles. The highest BCUT2D eigenvalue weighted by molar-refractivity contribution is 5.28. The van der Waals surface area contributed by atoms with Gasteiger partial charge in [-0.25, -0.2) is 0 Å². The highest BCUT2D eigenvalue weighted by Crippen LogP contribution is 2.74. The third-order valence-electron chi connectivity index (χ3n) is 11.7. The maximum Gasteiger partial charge on any atom is 0.114 e. The van der Waals surface area contributed by atoms with Crippen molar-refractivity contribution in [1.82, 2.24) is 0 Å². The zero-order valence-electron chi connectivity index (χ0n) is 20.9. The van der Waals surface area contributed by atoms with Crippen LogP contribution in [0.15, 0.2) is 12.2 Å². The van der Waals surface area contributed by atoms with Crippen LogP contribution in [0, 0.1) is 46.3 Å². The normalized spacial score (nSPS) is 54.9. The number of aliphatic hydroxyl groups excluding tert-OH is 3. The topological polar surface area (TPSA) is 73.2 Å². The maximum absolute atomic E-state index is 11.6. The summed E-state index contributed by atoms with van der Waals surface area (Å²) in [5.74, 6) is 2.88. The first-order valence-electron chi connectivity index (χ1n) is 13.4. The van der Waals surface area contributed by atoms with Crippen LogP contribution >= 0.6 is 0 Å². The van der Waals surface area contributed by atoms with E-state index in [0.717, 1.165) is 12.8 Å². The van der Waals surface area contributed by atoms with E-state index in [-0.39, 0.29) is 28.8 Å². The van der Waals surface area contributed by atoms with Gasteiger partial charge in [0.2, 0.25) is 0 Å². The molecule has 0 radical (unpaired) electrons. The number of hydrogen-bond donors (Lipinski definition) is 3. The average Bonchev–Trinajstić information content (AvgIpc) is 3.34. The van der Waals surface area contributed by atoms with Crippen LogP contribution in [0.4, 0.5) is 0 Å². The SMILES string of the molecule is C=C(CC[C@@H](C)[C@H]1CC[C@H]2[C@@H]3C(O)C4OC45CC(O)CC(O)[C@]5(C)[C@H]3CC[C@]12C)C(C)C. The minimum atomic E-state index is -0.557. The summed E-state index contributed by atoms with van der Waals surface area (Å²) in [7, 11) is 0. The summed E-state index contributed by atoms with van der Waals surface area (Å²) in [6.07, 6.45) is 6.23. The number of allylic oxidation sites excluding steroid dienone is 1. The van der Waals surface area contributed by atoms with Crippen LogP contribution in [0.1, 0.15) is 86.0 Å². The molecule has 1 heterocycles. The second-order valence-electron chi connectivity index (χ2n) is 13.2. The fraction of sp³-hybridized carbons (Fsp3) is 0.929. The van der Waals surface area contributed by atoms with Crippen LogP contribution in [-0.2, 0) is 4.74 Å². The molecule has 4 nitrogen and oxygen atoms in total. The van der Waals surface area contributed by atoms with Crippen LogP contribution in [0.3, 0.4) is 0 Å². The van der Waals surface area contributed by atoms with Gasteiger partial charge in [0.05, 0.1) is 18.3 Å². The summed E-state index contributed by atoms with van der Waals surface area (Å²) in [5.41, 5.74) is 0.735. The lowest BCUT2D eigenvalue weighted by Crippen LogP contribution is -2.67. The Labute approximate surface area is 194 Å². The van der Waals surface area contributed by atoms with Crippen molar-refractivity contribution >= 4 is 0 Å². The van der Waals surface area contributed by atoms with Crippen molar-refractivity contribution in [3.63, 3.8) is 0 Å². The number of aliphatic hydroxyl groups is 3. The molecule has 4 aliphatic carbocycles. The molecule has 1 saturated heterocycles. The lowest BCUT2D eigenvalue weighted by Gasteiger charge is -2.61. The third kappa shape index (κ3) is 2.94. The van der Waals surface area contributed by atoms with Gasteiger partial charge in [-0.05, 0) is 85.9 Å². The van der Waals surface area contributed by atoms with Gasteiger partial charge in [0.1, 0.15) is 11.7 Å². The Morgan fingerprint density at radius 1 is 1.06 bits per heavy atom. The van der Waals surface area contributed by atoms with Gasteiger partial charge in [0, 0.05) is 11.8 Å². The average molecular weight is 447 g/mol. The molecule has 0 bridgehead atoms. The predicted molar refractivity (Wildman–Crippen MR) is 126 cm³/mol. The van der Waals surface area contributed by atoms with E-state index in [4.69, 9.17) is 4.74 Å². The lowest BCUT2D eigenvalue weighted by atomic mass is 9.43. The molecule has 0 aromatic rings. The third-order valence-corrected chi connectivity index (χ3v) is 11.7. The summed E-state index contributed by atoms with van der Waals surface area (Å²) < 4.78 is 6.28. The summed E-state index contributed by atoms with van der Waals surface area (Å²) >= 11 is 0. The molecule has 5 aliphatic rings. The van der Waals surface area contributed by atoms with Gasteiger partial charge in [-0.3, -0.25) is 0 Å². The van der Waals surface area contributed by atoms with E-state index < -0.39 is 23.9 Å². The summed E-state index contributed by atoms with van der Waals surface area (Å²) in [6, 6.07) is 0. The molecular formula is C28H46O4. The second kappa shape index (κ2) is 7.54. The first-order valence-corrected chi connectivity index (χ1v) is 13.4. The van der Waals surface area contributed by atoms with E-state index in [1.54, 1.807) is 0 Å². The van der Waals surface area contributed by atoms with Gasteiger partial charge in [-0.15, -0.1) is 0 Å². The van der Waals surface area contributed by atoms with Gasteiger partial charge in [0.15, 0.2) is 0 Å². The second-order valence-corrected chi connectivity index (χ2v) is 13.2. The number of epoxide rings is 1. The van der Waals surface area contributed by atoms with E-state index in [1.807, 2.05) is 0 Å². The van der Waals surface area contributed by atoms with Gasteiger partial charge < -0.3 is 20.1 Å². The number of hydrogen-bond acceptors (Lipinski definition) is 4. The molecular weight excluding hydrogens is 400 g/mol. The molecule has 4 heteroatoms. The van der Waals surface area contributed by atoms with Gasteiger partial charge in [0.25, 0.3) is 0 Å². The fourth-order valence-corrected chi connectivity index (χ4v) is 9.59. The van der Waals surface area contributed by atoms with Crippen molar-refractivity contribution in [3.05, 3.63) is 12.2 Å². The van der Waals surface area contributed by atoms with Crippen molar-refractivity contribution in [2.75, 3.05) is 0 Å². The molecule has 1 aliphatic heterocycles. The number of fused-ring (bicyclic) bond motifs is 4. The van der Waals surface area contributed by atoms with Crippen molar-refractivity contribution < 1.29 is 20.1 Å². The van der Waals surface area contributed by atoms with Crippen molar-refractivity contribution in [1.29, 1.82) is 0 Å². The first kappa shape index (κ1) is 23.3. The largest absolute Gasteiger partial charge is 0.393 e. The zero-order chi connectivity index (χ0) is 23.2. The van der Waals surface area contributed by atoms with E-state index >= 15 is 0 Å². The zero-order valence-corrected chi connectivity index (χ0v) is 20.9. The lowest BCUT2D eigenvalue weighted by molar-refractivity contribution is -0.193. The van der Waals surface area contributed by atoms with Crippen molar-refractivity contribution in [2.24, 2.45) is 46.3 Å². The number of rotatable bonds is 5. The van der Waals surface area contributed by atoms with Gasteiger partial charge >= 0.3 is 0 Å².